The zero-order chi connectivity index (χ0) is 23.1. The summed E-state index contributed by atoms with van der Waals surface area (Å²) in [6.45, 7) is 6.03. The molecule has 0 radical (unpaired) electrons. The summed E-state index contributed by atoms with van der Waals surface area (Å²) >= 11 is 12.2. The smallest absolute Gasteiger partial charge is 0.340 e. The molecule has 10 heteroatoms. The van der Waals surface area contributed by atoms with Gasteiger partial charge in [-0.25, -0.2) is 9.59 Å². The Morgan fingerprint density at radius 3 is 2.39 bits per heavy atom. The standard InChI is InChI=1S/C21H21Cl2N3O5/c1-5-31-18(28)17-11(3)24-10(2)16(17)15(27)9-26-19(29)21(4,25-20(26)30)13-7-6-12(22)8-14(13)23/h6-8,24H,5,9H2,1-4H3,(H,25,30). The van der Waals surface area contributed by atoms with Crippen molar-refractivity contribution >= 4 is 46.9 Å². The van der Waals surface area contributed by atoms with Crippen LogP contribution in [0.25, 0.3) is 0 Å². The Kier molecular flexibility index (Phi) is 6.16. The van der Waals surface area contributed by atoms with Crippen LogP contribution in [0.1, 0.15) is 51.5 Å². The third-order valence-electron chi connectivity index (χ3n) is 5.18. The number of aromatic amines is 1. The molecule has 1 aromatic heterocycles. The van der Waals surface area contributed by atoms with Crippen molar-refractivity contribution in [2.75, 3.05) is 13.2 Å². The molecule has 31 heavy (non-hydrogen) atoms. The van der Waals surface area contributed by atoms with Crippen LogP contribution in [-0.4, -0.2) is 46.7 Å². The summed E-state index contributed by atoms with van der Waals surface area (Å²) in [4.78, 5) is 54.9. The quantitative estimate of drug-likeness (QED) is 0.383. The van der Waals surface area contributed by atoms with Crippen LogP contribution in [0.3, 0.4) is 0 Å². The normalized spacial score (nSPS) is 18.3. The van der Waals surface area contributed by atoms with Gasteiger partial charge in [0.2, 0.25) is 0 Å². The Morgan fingerprint density at radius 2 is 1.77 bits per heavy atom. The molecule has 0 bridgehead atoms. The monoisotopic (exact) mass is 465 g/mol. The number of carbonyl (C=O) groups is 4. The molecule has 1 aliphatic heterocycles. The molecule has 2 aromatic rings. The Bertz CT molecular complexity index is 1110. The lowest BCUT2D eigenvalue weighted by Gasteiger charge is -2.23. The number of esters is 1. The SMILES string of the molecule is CCOC(=O)c1c(C)[nH]c(C)c1C(=O)CN1C(=O)NC(C)(c2ccc(Cl)cc2Cl)C1=O. The fourth-order valence-corrected chi connectivity index (χ4v) is 4.33. The number of Topliss-reactive ketones (excluding diaryl/α,β-unsaturated/α-hetero) is 1. The molecule has 3 rings (SSSR count). The zero-order valence-electron chi connectivity index (χ0n) is 17.4. The van der Waals surface area contributed by atoms with E-state index in [1.807, 2.05) is 0 Å². The Hall–Kier alpha value is -2.84. The topological polar surface area (TPSA) is 109 Å². The van der Waals surface area contributed by atoms with Crippen LogP contribution < -0.4 is 5.32 Å². The maximum atomic E-state index is 13.2. The van der Waals surface area contributed by atoms with E-state index in [2.05, 4.69) is 10.3 Å². The van der Waals surface area contributed by atoms with Crippen molar-refractivity contribution in [2.45, 2.75) is 33.2 Å². The molecule has 1 saturated heterocycles. The third kappa shape index (κ3) is 3.93. The van der Waals surface area contributed by atoms with E-state index in [4.69, 9.17) is 27.9 Å². The average molecular weight is 466 g/mol. The number of carbonyl (C=O) groups excluding carboxylic acids is 4. The van der Waals surface area contributed by atoms with Gasteiger partial charge in [0.05, 0.1) is 24.3 Å². The molecule has 2 N–H and O–H groups in total. The minimum atomic E-state index is -1.47. The number of ketones is 1. The summed E-state index contributed by atoms with van der Waals surface area (Å²) in [5, 5.41) is 3.19. The summed E-state index contributed by atoms with van der Waals surface area (Å²) in [6.07, 6.45) is 0. The summed E-state index contributed by atoms with van der Waals surface area (Å²) in [5.41, 5.74) is -0.00992. The van der Waals surface area contributed by atoms with E-state index < -0.39 is 35.8 Å². The number of ether oxygens (including phenoxy) is 1. The number of rotatable bonds is 6. The number of amides is 3. The van der Waals surface area contributed by atoms with Gasteiger partial charge in [-0.2, -0.15) is 0 Å². The van der Waals surface area contributed by atoms with E-state index in [9.17, 15) is 19.2 Å². The maximum Gasteiger partial charge on any atom is 0.340 e. The molecule has 8 nitrogen and oxygen atoms in total. The van der Waals surface area contributed by atoms with Crippen LogP contribution in [0.2, 0.25) is 10.0 Å². The van der Waals surface area contributed by atoms with Gasteiger partial charge in [0.15, 0.2) is 5.78 Å². The predicted octanol–water partition coefficient (Wildman–Crippen LogP) is 3.76. The van der Waals surface area contributed by atoms with Crippen LogP contribution >= 0.6 is 23.2 Å². The second-order valence-corrected chi connectivity index (χ2v) is 8.18. The van der Waals surface area contributed by atoms with Crippen molar-refractivity contribution in [2.24, 2.45) is 0 Å². The third-order valence-corrected chi connectivity index (χ3v) is 5.73. The van der Waals surface area contributed by atoms with E-state index in [0.717, 1.165) is 4.90 Å². The average Bonchev–Trinajstić information content (AvgIpc) is 3.09. The summed E-state index contributed by atoms with van der Waals surface area (Å²) in [6, 6.07) is 3.83. The fraction of sp³-hybridized carbons (Fsp3) is 0.333. The highest BCUT2D eigenvalue weighted by Crippen LogP contribution is 2.35. The maximum absolute atomic E-state index is 13.2. The van der Waals surface area contributed by atoms with Gasteiger partial charge in [-0.1, -0.05) is 29.3 Å². The van der Waals surface area contributed by atoms with Crippen molar-refractivity contribution < 1.29 is 23.9 Å². The molecule has 1 unspecified atom stereocenters. The number of hydrogen-bond acceptors (Lipinski definition) is 5. The van der Waals surface area contributed by atoms with Gasteiger partial charge in [-0.3, -0.25) is 14.5 Å². The highest BCUT2D eigenvalue weighted by atomic mass is 35.5. The number of aryl methyl sites for hydroxylation is 2. The summed E-state index contributed by atoms with van der Waals surface area (Å²) in [7, 11) is 0. The van der Waals surface area contributed by atoms with Crippen molar-refractivity contribution in [3.05, 3.63) is 56.3 Å². The molecule has 0 aliphatic carbocycles. The number of halogens is 2. The van der Waals surface area contributed by atoms with Gasteiger partial charge in [0, 0.05) is 27.0 Å². The lowest BCUT2D eigenvalue weighted by Crippen LogP contribution is -2.41. The van der Waals surface area contributed by atoms with E-state index in [1.165, 1.54) is 13.0 Å². The first-order valence-electron chi connectivity index (χ1n) is 9.50. The molecule has 1 aliphatic rings. The number of benzene rings is 1. The van der Waals surface area contributed by atoms with Crippen molar-refractivity contribution in [1.82, 2.24) is 15.2 Å². The largest absolute Gasteiger partial charge is 0.462 e. The molecule has 0 saturated carbocycles. The highest BCUT2D eigenvalue weighted by molar-refractivity contribution is 6.35. The molecular formula is C21H21Cl2N3O5. The first-order chi connectivity index (χ1) is 14.5. The van der Waals surface area contributed by atoms with Crippen LogP contribution in [0.15, 0.2) is 18.2 Å². The lowest BCUT2D eigenvalue weighted by molar-refractivity contribution is -0.130. The van der Waals surface area contributed by atoms with Gasteiger partial charge >= 0.3 is 12.0 Å². The summed E-state index contributed by atoms with van der Waals surface area (Å²) in [5.74, 6) is -1.86. The number of imide groups is 1. The molecule has 2 heterocycles. The minimum absolute atomic E-state index is 0.0923. The predicted molar refractivity (Wildman–Crippen MR) is 115 cm³/mol. The number of urea groups is 1. The van der Waals surface area contributed by atoms with Crippen molar-refractivity contribution in [1.29, 1.82) is 0 Å². The van der Waals surface area contributed by atoms with E-state index in [-0.39, 0.29) is 22.8 Å². The fourth-order valence-electron chi connectivity index (χ4n) is 3.73. The first kappa shape index (κ1) is 22.8. The molecule has 164 valence electrons. The number of aromatic nitrogens is 1. The molecular weight excluding hydrogens is 445 g/mol. The number of hydrogen-bond donors (Lipinski definition) is 2. The Labute approximate surface area is 188 Å². The number of nitrogens with one attached hydrogen (secondary N) is 2. The van der Waals surface area contributed by atoms with E-state index >= 15 is 0 Å². The number of nitrogens with zero attached hydrogens (tertiary/aromatic N) is 1. The van der Waals surface area contributed by atoms with Gasteiger partial charge < -0.3 is 15.0 Å². The lowest BCUT2D eigenvalue weighted by atomic mass is 9.92. The minimum Gasteiger partial charge on any atom is -0.462 e. The van der Waals surface area contributed by atoms with Crippen LogP contribution in [0, 0.1) is 13.8 Å². The highest BCUT2D eigenvalue weighted by Gasteiger charge is 2.50. The molecule has 1 atom stereocenters. The van der Waals surface area contributed by atoms with Crippen LogP contribution in [0.4, 0.5) is 4.79 Å². The molecule has 1 aromatic carbocycles. The van der Waals surface area contributed by atoms with Gasteiger partial charge in [-0.15, -0.1) is 0 Å². The molecule has 1 fully saturated rings. The van der Waals surface area contributed by atoms with Crippen molar-refractivity contribution in [3.63, 3.8) is 0 Å². The number of H-pyrrole nitrogens is 1. The van der Waals surface area contributed by atoms with Crippen LogP contribution in [0.5, 0.6) is 0 Å². The Balaban J connectivity index is 1.92. The van der Waals surface area contributed by atoms with Gasteiger partial charge in [0.25, 0.3) is 5.91 Å². The Morgan fingerprint density at radius 1 is 1.13 bits per heavy atom. The zero-order valence-corrected chi connectivity index (χ0v) is 18.9. The molecule has 3 amide bonds. The van der Waals surface area contributed by atoms with E-state index in [1.54, 1.807) is 32.9 Å². The molecule has 0 spiro atoms. The van der Waals surface area contributed by atoms with E-state index in [0.29, 0.717) is 22.0 Å². The van der Waals surface area contributed by atoms with Crippen LogP contribution in [-0.2, 0) is 15.1 Å². The second kappa shape index (κ2) is 8.36. The first-order valence-corrected chi connectivity index (χ1v) is 10.3. The van der Waals surface area contributed by atoms with Crippen molar-refractivity contribution in [3.8, 4) is 0 Å². The summed E-state index contributed by atoms with van der Waals surface area (Å²) < 4.78 is 5.04. The van der Waals surface area contributed by atoms with Gasteiger partial charge in [-0.05, 0) is 39.8 Å². The van der Waals surface area contributed by atoms with Gasteiger partial charge in [0.1, 0.15) is 5.54 Å². The second-order valence-electron chi connectivity index (χ2n) is 7.34.